The summed E-state index contributed by atoms with van der Waals surface area (Å²) in [6.45, 7) is 0.517. The number of ether oxygens (including phenoxy) is 1. The molecule has 0 saturated heterocycles. The van der Waals surface area contributed by atoms with Gasteiger partial charge in [0.25, 0.3) is 11.8 Å². The predicted molar refractivity (Wildman–Crippen MR) is 115 cm³/mol. The van der Waals surface area contributed by atoms with Crippen LogP contribution in [0.2, 0.25) is 10.0 Å². The Kier molecular flexibility index (Phi) is 7.54. The van der Waals surface area contributed by atoms with Gasteiger partial charge in [-0.05, 0) is 55.3 Å². The van der Waals surface area contributed by atoms with Crippen LogP contribution in [0, 0.1) is 5.92 Å². The van der Waals surface area contributed by atoms with Crippen LogP contribution in [0.15, 0.2) is 42.5 Å². The zero-order valence-corrected chi connectivity index (χ0v) is 17.6. The molecule has 0 radical (unpaired) electrons. The van der Waals surface area contributed by atoms with E-state index in [0.29, 0.717) is 40.1 Å². The fourth-order valence-corrected chi connectivity index (χ4v) is 3.05. The quantitative estimate of drug-likeness (QED) is 0.511. The summed E-state index contributed by atoms with van der Waals surface area (Å²) in [5.74, 6) is -0.0703. The highest BCUT2D eigenvalue weighted by Gasteiger charge is 2.28. The van der Waals surface area contributed by atoms with Crippen molar-refractivity contribution in [3.8, 4) is 5.75 Å². The molecule has 7 nitrogen and oxygen atoms in total. The summed E-state index contributed by atoms with van der Waals surface area (Å²) in [6.07, 6.45) is 1.89. The van der Waals surface area contributed by atoms with Gasteiger partial charge in [-0.15, -0.1) is 0 Å². The van der Waals surface area contributed by atoms with Gasteiger partial charge in [0, 0.05) is 35.3 Å². The molecule has 158 valence electrons. The monoisotopic (exact) mass is 449 g/mol. The Morgan fingerprint density at radius 3 is 2.33 bits per heavy atom. The van der Waals surface area contributed by atoms with Gasteiger partial charge in [0.05, 0.1) is 5.02 Å². The summed E-state index contributed by atoms with van der Waals surface area (Å²) in [7, 11) is 0. The van der Waals surface area contributed by atoms with Crippen LogP contribution in [-0.2, 0) is 9.59 Å². The Balaban J connectivity index is 1.40. The van der Waals surface area contributed by atoms with Crippen LogP contribution in [0.25, 0.3) is 0 Å². The third kappa shape index (κ3) is 6.64. The van der Waals surface area contributed by atoms with Gasteiger partial charge in [-0.25, -0.2) is 0 Å². The maximum atomic E-state index is 12.1. The third-order valence-electron chi connectivity index (χ3n) is 4.34. The van der Waals surface area contributed by atoms with E-state index in [1.165, 1.54) is 6.07 Å². The Morgan fingerprint density at radius 1 is 0.967 bits per heavy atom. The van der Waals surface area contributed by atoms with Crippen LogP contribution >= 0.6 is 23.2 Å². The van der Waals surface area contributed by atoms with Gasteiger partial charge >= 0.3 is 0 Å². The standard InChI is InChI=1S/C21H21Cl2N3O4/c22-15-5-8-18(17(23)11-15)30-12-19(27)26-16-6-3-14(4-7-16)21(29)25-10-9-24-20(28)13-1-2-13/h3-8,11,13H,1-2,9-10,12H2,(H,24,28)(H,25,29)(H,26,27). The number of carbonyl (C=O) groups is 3. The lowest BCUT2D eigenvalue weighted by molar-refractivity contribution is -0.122. The van der Waals surface area contributed by atoms with Crippen molar-refractivity contribution < 1.29 is 19.1 Å². The first kappa shape index (κ1) is 21.9. The normalized spacial score (nSPS) is 12.7. The molecule has 0 bridgehead atoms. The number of anilines is 1. The molecule has 1 fully saturated rings. The zero-order chi connectivity index (χ0) is 21.5. The molecule has 0 aromatic heterocycles. The van der Waals surface area contributed by atoms with Gasteiger partial charge in [-0.2, -0.15) is 0 Å². The third-order valence-corrected chi connectivity index (χ3v) is 4.87. The molecule has 1 saturated carbocycles. The molecule has 1 aliphatic rings. The van der Waals surface area contributed by atoms with E-state index in [4.69, 9.17) is 27.9 Å². The molecular formula is C21H21Cl2N3O4. The summed E-state index contributed by atoms with van der Waals surface area (Å²) in [5, 5.41) is 8.99. The molecule has 1 aliphatic carbocycles. The van der Waals surface area contributed by atoms with E-state index >= 15 is 0 Å². The number of benzene rings is 2. The SMILES string of the molecule is O=C(COc1ccc(Cl)cc1Cl)Nc1ccc(C(=O)NCCNC(=O)C2CC2)cc1. The first-order valence-electron chi connectivity index (χ1n) is 9.46. The van der Waals surface area contributed by atoms with Crippen LogP contribution in [0.1, 0.15) is 23.2 Å². The minimum absolute atomic E-state index is 0.0478. The largest absolute Gasteiger partial charge is 0.482 e. The molecule has 3 N–H and O–H groups in total. The molecule has 0 atom stereocenters. The second kappa shape index (κ2) is 10.3. The van der Waals surface area contributed by atoms with E-state index in [2.05, 4.69) is 16.0 Å². The van der Waals surface area contributed by atoms with Gasteiger partial charge in [0.2, 0.25) is 5.91 Å². The van der Waals surface area contributed by atoms with Gasteiger partial charge in [0.15, 0.2) is 6.61 Å². The molecule has 30 heavy (non-hydrogen) atoms. The van der Waals surface area contributed by atoms with Crippen LogP contribution in [0.3, 0.4) is 0 Å². The van der Waals surface area contributed by atoms with Crippen LogP contribution in [0.4, 0.5) is 5.69 Å². The van der Waals surface area contributed by atoms with E-state index in [9.17, 15) is 14.4 Å². The van der Waals surface area contributed by atoms with Gasteiger partial charge in [-0.3, -0.25) is 14.4 Å². The van der Waals surface area contributed by atoms with E-state index in [1.807, 2.05) is 0 Å². The van der Waals surface area contributed by atoms with Crippen LogP contribution < -0.4 is 20.7 Å². The minimum atomic E-state index is -0.371. The lowest BCUT2D eigenvalue weighted by Gasteiger charge is -2.10. The summed E-state index contributed by atoms with van der Waals surface area (Å²) in [5.41, 5.74) is 0.977. The Bertz CT molecular complexity index is 930. The highest BCUT2D eigenvalue weighted by molar-refractivity contribution is 6.35. The lowest BCUT2D eigenvalue weighted by Crippen LogP contribution is -2.35. The minimum Gasteiger partial charge on any atom is -0.482 e. The molecule has 3 rings (SSSR count). The van der Waals surface area contributed by atoms with Crippen molar-refractivity contribution in [3.63, 3.8) is 0 Å². The summed E-state index contributed by atoms with van der Waals surface area (Å²) in [4.78, 5) is 35.7. The summed E-state index contributed by atoms with van der Waals surface area (Å²) >= 11 is 11.8. The lowest BCUT2D eigenvalue weighted by atomic mass is 10.2. The molecule has 0 aliphatic heterocycles. The van der Waals surface area contributed by atoms with Crippen molar-refractivity contribution in [2.45, 2.75) is 12.8 Å². The van der Waals surface area contributed by atoms with E-state index in [1.54, 1.807) is 36.4 Å². The van der Waals surface area contributed by atoms with Gasteiger partial charge in [0.1, 0.15) is 5.75 Å². The number of nitrogens with one attached hydrogen (secondary N) is 3. The predicted octanol–water partition coefficient (Wildman–Crippen LogP) is 3.27. The number of hydrogen-bond acceptors (Lipinski definition) is 4. The average molecular weight is 450 g/mol. The first-order chi connectivity index (χ1) is 14.4. The average Bonchev–Trinajstić information content (AvgIpc) is 3.56. The van der Waals surface area contributed by atoms with Crippen molar-refractivity contribution >= 4 is 46.6 Å². The van der Waals surface area contributed by atoms with Gasteiger partial charge < -0.3 is 20.7 Å². The number of amides is 3. The van der Waals surface area contributed by atoms with Crippen molar-refractivity contribution in [3.05, 3.63) is 58.1 Å². The molecule has 9 heteroatoms. The molecule has 2 aromatic rings. The highest BCUT2D eigenvalue weighted by atomic mass is 35.5. The fourth-order valence-electron chi connectivity index (χ4n) is 2.59. The number of carbonyl (C=O) groups excluding carboxylic acids is 3. The maximum absolute atomic E-state index is 12.1. The first-order valence-corrected chi connectivity index (χ1v) is 10.2. The zero-order valence-electron chi connectivity index (χ0n) is 16.0. The van der Waals surface area contributed by atoms with E-state index < -0.39 is 0 Å². The highest BCUT2D eigenvalue weighted by Crippen LogP contribution is 2.28. The number of halogens is 2. The Morgan fingerprint density at radius 2 is 1.67 bits per heavy atom. The summed E-state index contributed by atoms with van der Waals surface area (Å²) < 4.78 is 5.38. The smallest absolute Gasteiger partial charge is 0.262 e. The van der Waals surface area contributed by atoms with E-state index in [0.717, 1.165) is 12.8 Å². The van der Waals surface area contributed by atoms with Crippen molar-refractivity contribution in [2.24, 2.45) is 5.92 Å². The number of hydrogen-bond donors (Lipinski definition) is 3. The fraction of sp³-hybridized carbons (Fsp3) is 0.286. The van der Waals surface area contributed by atoms with E-state index in [-0.39, 0.29) is 30.2 Å². The molecule has 3 amide bonds. The maximum Gasteiger partial charge on any atom is 0.262 e. The van der Waals surface area contributed by atoms with Crippen LogP contribution in [-0.4, -0.2) is 37.4 Å². The second-order valence-corrected chi connectivity index (χ2v) is 7.65. The number of rotatable bonds is 9. The van der Waals surface area contributed by atoms with Crippen molar-refractivity contribution in [1.29, 1.82) is 0 Å². The molecule has 0 unspecified atom stereocenters. The van der Waals surface area contributed by atoms with Crippen molar-refractivity contribution in [1.82, 2.24) is 10.6 Å². The second-order valence-electron chi connectivity index (χ2n) is 6.81. The summed E-state index contributed by atoms with van der Waals surface area (Å²) in [6, 6.07) is 11.2. The van der Waals surface area contributed by atoms with Crippen molar-refractivity contribution in [2.75, 3.05) is 25.0 Å². The Hall–Kier alpha value is -2.77. The molecule has 0 spiro atoms. The molecule has 2 aromatic carbocycles. The van der Waals surface area contributed by atoms with Crippen LogP contribution in [0.5, 0.6) is 5.75 Å². The Labute approximate surface area is 184 Å². The molecular weight excluding hydrogens is 429 g/mol. The molecule has 0 heterocycles. The topological polar surface area (TPSA) is 96.5 Å². The van der Waals surface area contributed by atoms with Gasteiger partial charge in [-0.1, -0.05) is 23.2 Å².